The molecule has 28 heavy (non-hydrogen) atoms. The summed E-state index contributed by atoms with van der Waals surface area (Å²) < 4.78 is 5.36. The summed E-state index contributed by atoms with van der Waals surface area (Å²) in [5, 5.41) is 6.24. The van der Waals surface area contributed by atoms with Crippen LogP contribution in [0.2, 0.25) is 0 Å². The zero-order chi connectivity index (χ0) is 20.1. The molecule has 2 heterocycles. The van der Waals surface area contributed by atoms with Crippen LogP contribution in [-0.2, 0) is 4.74 Å². The number of benzene rings is 1. The number of aryl methyl sites for hydroxylation is 4. The summed E-state index contributed by atoms with van der Waals surface area (Å²) >= 11 is 0. The van der Waals surface area contributed by atoms with Crippen molar-refractivity contribution in [2.75, 3.05) is 50.0 Å². The van der Waals surface area contributed by atoms with Crippen LogP contribution in [0, 0.1) is 27.7 Å². The van der Waals surface area contributed by atoms with Crippen molar-refractivity contribution in [3.05, 3.63) is 46.3 Å². The van der Waals surface area contributed by atoms with E-state index in [4.69, 9.17) is 4.74 Å². The van der Waals surface area contributed by atoms with Crippen LogP contribution in [0.25, 0.3) is 0 Å². The van der Waals surface area contributed by atoms with Crippen molar-refractivity contribution in [2.45, 2.75) is 27.7 Å². The van der Waals surface area contributed by atoms with Crippen LogP contribution in [0.3, 0.4) is 0 Å². The van der Waals surface area contributed by atoms with E-state index in [2.05, 4.69) is 37.6 Å². The molecule has 1 fully saturated rings. The zero-order valence-electron chi connectivity index (χ0n) is 17.1. The van der Waals surface area contributed by atoms with Gasteiger partial charge in [-0.2, -0.15) is 0 Å². The van der Waals surface area contributed by atoms with Crippen LogP contribution in [0.5, 0.6) is 0 Å². The molecular formula is C21H29N5O2. The molecule has 2 N–H and O–H groups in total. The highest BCUT2D eigenvalue weighted by Gasteiger charge is 2.14. The topological polar surface area (TPSA) is 79.4 Å². The Morgan fingerprint density at radius 3 is 2.43 bits per heavy atom. The molecule has 1 aliphatic rings. The van der Waals surface area contributed by atoms with Crippen LogP contribution in [0.15, 0.2) is 18.2 Å². The number of hydrogen-bond acceptors (Lipinski definition) is 6. The first-order valence-corrected chi connectivity index (χ1v) is 9.71. The lowest BCUT2D eigenvalue weighted by Gasteiger charge is -2.26. The molecule has 0 spiro atoms. The average molecular weight is 383 g/mol. The number of morpholine rings is 1. The van der Waals surface area contributed by atoms with Crippen LogP contribution < -0.4 is 10.6 Å². The van der Waals surface area contributed by atoms with Gasteiger partial charge in [0.15, 0.2) is 0 Å². The van der Waals surface area contributed by atoms with E-state index in [1.807, 2.05) is 27.7 Å². The second-order valence-electron chi connectivity index (χ2n) is 7.33. The molecule has 0 atom stereocenters. The van der Waals surface area contributed by atoms with Gasteiger partial charge < -0.3 is 15.4 Å². The van der Waals surface area contributed by atoms with Crippen molar-refractivity contribution in [1.82, 2.24) is 14.9 Å². The third-order valence-corrected chi connectivity index (χ3v) is 4.82. The number of carbonyl (C=O) groups excluding carboxylic acids is 1. The fourth-order valence-corrected chi connectivity index (χ4v) is 3.47. The maximum Gasteiger partial charge on any atom is 0.274 e. The Morgan fingerprint density at radius 2 is 1.75 bits per heavy atom. The number of aromatic nitrogens is 2. The SMILES string of the molecule is Cc1cc(C)c(NC(=O)c2cc(C)nc(NCCN3CCOCC3)n2)c(C)c1. The maximum atomic E-state index is 12.8. The van der Waals surface area contributed by atoms with E-state index >= 15 is 0 Å². The molecule has 7 heteroatoms. The maximum absolute atomic E-state index is 12.8. The molecule has 1 aromatic heterocycles. The van der Waals surface area contributed by atoms with E-state index < -0.39 is 0 Å². The summed E-state index contributed by atoms with van der Waals surface area (Å²) in [7, 11) is 0. The highest BCUT2D eigenvalue weighted by atomic mass is 16.5. The molecule has 0 aliphatic carbocycles. The lowest BCUT2D eigenvalue weighted by molar-refractivity contribution is 0.0398. The molecule has 1 aliphatic heterocycles. The zero-order valence-corrected chi connectivity index (χ0v) is 17.1. The van der Waals surface area contributed by atoms with Gasteiger partial charge in [0.25, 0.3) is 5.91 Å². The molecule has 150 valence electrons. The van der Waals surface area contributed by atoms with Crippen molar-refractivity contribution < 1.29 is 9.53 Å². The number of anilines is 2. The summed E-state index contributed by atoms with van der Waals surface area (Å²) in [4.78, 5) is 23.9. The quantitative estimate of drug-likeness (QED) is 0.798. The van der Waals surface area contributed by atoms with E-state index in [9.17, 15) is 4.79 Å². The second-order valence-corrected chi connectivity index (χ2v) is 7.33. The number of rotatable bonds is 6. The highest BCUT2D eigenvalue weighted by Crippen LogP contribution is 2.22. The number of hydrogen-bond donors (Lipinski definition) is 2. The molecule has 0 radical (unpaired) electrons. The third-order valence-electron chi connectivity index (χ3n) is 4.82. The van der Waals surface area contributed by atoms with Gasteiger partial charge in [-0.05, 0) is 44.9 Å². The van der Waals surface area contributed by atoms with Crippen LogP contribution >= 0.6 is 0 Å². The van der Waals surface area contributed by atoms with Crippen LogP contribution in [0.1, 0.15) is 32.9 Å². The van der Waals surface area contributed by atoms with Gasteiger partial charge in [-0.1, -0.05) is 17.7 Å². The molecule has 0 unspecified atom stereocenters. The first-order chi connectivity index (χ1) is 13.4. The summed E-state index contributed by atoms with van der Waals surface area (Å²) in [6.07, 6.45) is 0. The van der Waals surface area contributed by atoms with Gasteiger partial charge in [-0.15, -0.1) is 0 Å². The normalized spacial score (nSPS) is 14.7. The molecular weight excluding hydrogens is 354 g/mol. The average Bonchev–Trinajstić information content (AvgIpc) is 2.65. The first-order valence-electron chi connectivity index (χ1n) is 9.71. The van der Waals surface area contributed by atoms with E-state index in [1.54, 1.807) is 6.07 Å². The lowest BCUT2D eigenvalue weighted by atomic mass is 10.0. The Bertz CT molecular complexity index is 824. The monoisotopic (exact) mass is 383 g/mol. The third kappa shape index (κ3) is 5.27. The summed E-state index contributed by atoms with van der Waals surface area (Å²) in [6.45, 7) is 13.0. The minimum atomic E-state index is -0.225. The van der Waals surface area contributed by atoms with Gasteiger partial charge in [0.2, 0.25) is 5.95 Å². The molecule has 1 saturated heterocycles. The summed E-state index contributed by atoms with van der Waals surface area (Å²) in [5.41, 5.74) is 5.22. The van der Waals surface area contributed by atoms with Gasteiger partial charge in [0.1, 0.15) is 5.69 Å². The second kappa shape index (κ2) is 9.12. The fraction of sp³-hybridized carbons (Fsp3) is 0.476. The summed E-state index contributed by atoms with van der Waals surface area (Å²) in [6, 6.07) is 5.83. The van der Waals surface area contributed by atoms with E-state index in [1.165, 1.54) is 5.56 Å². The Morgan fingerprint density at radius 1 is 1.07 bits per heavy atom. The van der Waals surface area contributed by atoms with E-state index in [-0.39, 0.29) is 5.91 Å². The molecule has 0 bridgehead atoms. The Balaban J connectivity index is 1.66. The largest absolute Gasteiger partial charge is 0.379 e. The van der Waals surface area contributed by atoms with Gasteiger partial charge in [0.05, 0.1) is 13.2 Å². The minimum absolute atomic E-state index is 0.225. The summed E-state index contributed by atoms with van der Waals surface area (Å²) in [5.74, 6) is 0.257. The van der Waals surface area contributed by atoms with Gasteiger partial charge in [-0.3, -0.25) is 9.69 Å². The predicted molar refractivity (Wildman–Crippen MR) is 111 cm³/mol. The molecule has 7 nitrogen and oxygen atoms in total. The lowest BCUT2D eigenvalue weighted by Crippen LogP contribution is -2.39. The van der Waals surface area contributed by atoms with Gasteiger partial charge >= 0.3 is 0 Å². The van der Waals surface area contributed by atoms with E-state index in [0.29, 0.717) is 11.6 Å². The Labute approximate surface area is 166 Å². The molecule has 1 aromatic carbocycles. The molecule has 1 amide bonds. The van der Waals surface area contributed by atoms with Gasteiger partial charge in [0, 0.05) is 37.6 Å². The van der Waals surface area contributed by atoms with Crippen molar-refractivity contribution in [3.8, 4) is 0 Å². The Hall–Kier alpha value is -2.51. The number of ether oxygens (including phenoxy) is 1. The van der Waals surface area contributed by atoms with Gasteiger partial charge in [-0.25, -0.2) is 9.97 Å². The fourth-order valence-electron chi connectivity index (χ4n) is 3.47. The van der Waals surface area contributed by atoms with Crippen molar-refractivity contribution in [1.29, 1.82) is 0 Å². The molecule has 0 saturated carbocycles. The predicted octanol–water partition coefficient (Wildman–Crippen LogP) is 2.71. The van der Waals surface area contributed by atoms with Crippen molar-refractivity contribution in [3.63, 3.8) is 0 Å². The van der Waals surface area contributed by atoms with Crippen LogP contribution in [0.4, 0.5) is 11.6 Å². The standard InChI is InChI=1S/C21H29N5O2/c1-14-11-15(2)19(16(3)12-14)25-20(27)18-13-17(4)23-21(24-18)22-5-6-26-7-9-28-10-8-26/h11-13H,5-10H2,1-4H3,(H,25,27)(H,22,23,24). The smallest absolute Gasteiger partial charge is 0.274 e. The minimum Gasteiger partial charge on any atom is -0.379 e. The number of amides is 1. The highest BCUT2D eigenvalue weighted by molar-refractivity contribution is 6.04. The van der Waals surface area contributed by atoms with Crippen molar-refractivity contribution >= 4 is 17.5 Å². The Kier molecular flexibility index (Phi) is 6.59. The first kappa shape index (κ1) is 20.2. The van der Waals surface area contributed by atoms with Crippen molar-refractivity contribution in [2.24, 2.45) is 0 Å². The van der Waals surface area contributed by atoms with E-state index in [0.717, 1.165) is 61.9 Å². The van der Waals surface area contributed by atoms with Crippen LogP contribution in [-0.4, -0.2) is 60.2 Å². The number of nitrogens with zero attached hydrogens (tertiary/aromatic N) is 3. The molecule has 2 aromatic rings. The molecule has 3 rings (SSSR count). The number of carbonyl (C=O) groups is 1. The number of nitrogens with one attached hydrogen (secondary N) is 2.